The summed E-state index contributed by atoms with van der Waals surface area (Å²) >= 11 is 0. The van der Waals surface area contributed by atoms with Gasteiger partial charge in [-0.1, -0.05) is 0 Å². The van der Waals surface area contributed by atoms with Crippen molar-refractivity contribution < 1.29 is 0 Å². The minimum absolute atomic E-state index is 0.696. The lowest BCUT2D eigenvalue weighted by molar-refractivity contribution is 0.337. The van der Waals surface area contributed by atoms with Crippen molar-refractivity contribution >= 4 is 5.95 Å². The van der Waals surface area contributed by atoms with E-state index in [9.17, 15) is 0 Å². The van der Waals surface area contributed by atoms with Crippen LogP contribution in [0, 0.1) is 6.92 Å². The number of aromatic nitrogens is 4. The number of nitrogens with one attached hydrogen (secondary N) is 1. The Kier molecular flexibility index (Phi) is 4.68. The van der Waals surface area contributed by atoms with Crippen LogP contribution < -0.4 is 5.32 Å². The Morgan fingerprint density at radius 2 is 2.09 bits per heavy atom. The van der Waals surface area contributed by atoms with Crippen molar-refractivity contribution in [2.75, 3.05) is 31.5 Å². The molecule has 0 aliphatic carbocycles. The normalized spacial score (nSPS) is 15.4. The van der Waals surface area contributed by atoms with Gasteiger partial charge in [-0.25, -0.2) is 9.97 Å². The lowest BCUT2D eigenvalue weighted by Gasteiger charge is -2.14. The van der Waals surface area contributed by atoms with Crippen molar-refractivity contribution in [1.82, 2.24) is 24.6 Å². The smallest absolute Gasteiger partial charge is 0.223 e. The van der Waals surface area contributed by atoms with Crippen LogP contribution >= 0.6 is 0 Å². The third-order valence-corrected chi connectivity index (χ3v) is 4.08. The third-order valence-electron chi connectivity index (χ3n) is 4.08. The molecule has 0 amide bonds. The fourth-order valence-electron chi connectivity index (χ4n) is 2.95. The molecule has 2 aromatic rings. The van der Waals surface area contributed by atoms with Gasteiger partial charge in [0.2, 0.25) is 5.95 Å². The largest absolute Gasteiger partial charge is 0.354 e. The minimum atomic E-state index is 0.696. The van der Waals surface area contributed by atoms with Crippen molar-refractivity contribution in [2.45, 2.75) is 26.2 Å². The van der Waals surface area contributed by atoms with Crippen molar-refractivity contribution in [1.29, 1.82) is 0 Å². The van der Waals surface area contributed by atoms with E-state index in [0.29, 0.717) is 5.95 Å². The van der Waals surface area contributed by atoms with E-state index in [0.717, 1.165) is 36.5 Å². The number of rotatable bonds is 6. The Morgan fingerprint density at radius 3 is 2.82 bits per heavy atom. The van der Waals surface area contributed by atoms with Gasteiger partial charge in [-0.05, 0) is 51.9 Å². The van der Waals surface area contributed by atoms with E-state index in [1.165, 1.54) is 25.9 Å². The Balaban J connectivity index is 1.56. The van der Waals surface area contributed by atoms with Gasteiger partial charge in [-0.3, -0.25) is 4.68 Å². The molecule has 0 atom stereocenters. The standard InChI is InChI=1S/C16H24N6/c1-13-14(12-21(2)20-13)15-6-8-18-16(19-15)17-7-5-11-22-9-3-4-10-22/h6,8,12H,3-5,7,9-11H2,1-2H3,(H,17,18,19). The molecule has 1 N–H and O–H groups in total. The molecule has 6 heteroatoms. The van der Waals surface area contributed by atoms with E-state index in [4.69, 9.17) is 0 Å². The van der Waals surface area contributed by atoms with Crippen molar-refractivity contribution in [3.05, 3.63) is 24.2 Å². The predicted molar refractivity (Wildman–Crippen MR) is 87.8 cm³/mol. The fourth-order valence-corrected chi connectivity index (χ4v) is 2.95. The van der Waals surface area contributed by atoms with Gasteiger partial charge >= 0.3 is 0 Å². The molecular weight excluding hydrogens is 276 g/mol. The first-order chi connectivity index (χ1) is 10.7. The second kappa shape index (κ2) is 6.87. The maximum Gasteiger partial charge on any atom is 0.223 e. The lowest BCUT2D eigenvalue weighted by atomic mass is 10.2. The molecule has 1 aliphatic heterocycles. The summed E-state index contributed by atoms with van der Waals surface area (Å²) in [6.07, 6.45) is 7.62. The molecule has 0 saturated carbocycles. The Bertz CT molecular complexity index is 615. The Labute approximate surface area is 131 Å². The van der Waals surface area contributed by atoms with E-state index >= 15 is 0 Å². The van der Waals surface area contributed by atoms with Crippen molar-refractivity contribution in [3.8, 4) is 11.3 Å². The van der Waals surface area contributed by atoms with Crippen LogP contribution in [0.15, 0.2) is 18.5 Å². The van der Waals surface area contributed by atoms with Crippen LogP contribution in [0.3, 0.4) is 0 Å². The second-order valence-electron chi connectivity index (χ2n) is 5.90. The van der Waals surface area contributed by atoms with Gasteiger partial charge < -0.3 is 10.2 Å². The van der Waals surface area contributed by atoms with E-state index in [-0.39, 0.29) is 0 Å². The zero-order valence-corrected chi connectivity index (χ0v) is 13.4. The molecule has 0 radical (unpaired) electrons. The monoisotopic (exact) mass is 300 g/mol. The van der Waals surface area contributed by atoms with Gasteiger partial charge in [-0.15, -0.1) is 0 Å². The molecule has 0 spiro atoms. The van der Waals surface area contributed by atoms with Crippen LogP contribution in [0.2, 0.25) is 0 Å². The molecule has 22 heavy (non-hydrogen) atoms. The Hall–Kier alpha value is -1.95. The summed E-state index contributed by atoms with van der Waals surface area (Å²) in [4.78, 5) is 11.4. The van der Waals surface area contributed by atoms with Crippen LogP contribution in [0.4, 0.5) is 5.95 Å². The van der Waals surface area contributed by atoms with Gasteiger partial charge in [0, 0.05) is 31.5 Å². The number of aryl methyl sites for hydroxylation is 2. The summed E-state index contributed by atoms with van der Waals surface area (Å²) in [6, 6.07) is 1.93. The molecule has 3 heterocycles. The molecule has 1 fully saturated rings. The first kappa shape index (κ1) is 15.0. The molecule has 1 aliphatic rings. The van der Waals surface area contributed by atoms with Crippen LogP contribution in [-0.2, 0) is 7.05 Å². The number of likely N-dealkylation sites (tertiary alicyclic amines) is 1. The van der Waals surface area contributed by atoms with Crippen LogP contribution in [0.5, 0.6) is 0 Å². The maximum atomic E-state index is 4.60. The van der Waals surface area contributed by atoms with Crippen molar-refractivity contribution in [2.24, 2.45) is 7.05 Å². The summed E-state index contributed by atoms with van der Waals surface area (Å²) in [7, 11) is 1.93. The van der Waals surface area contributed by atoms with Crippen LogP contribution in [0.25, 0.3) is 11.3 Å². The molecule has 118 valence electrons. The first-order valence-corrected chi connectivity index (χ1v) is 8.02. The van der Waals surface area contributed by atoms with Gasteiger partial charge in [0.1, 0.15) is 0 Å². The average Bonchev–Trinajstić information content (AvgIpc) is 3.13. The Morgan fingerprint density at radius 1 is 1.27 bits per heavy atom. The number of anilines is 1. The third kappa shape index (κ3) is 3.62. The highest BCUT2D eigenvalue weighted by molar-refractivity contribution is 5.61. The van der Waals surface area contributed by atoms with Gasteiger partial charge in [0.15, 0.2) is 0 Å². The summed E-state index contributed by atoms with van der Waals surface area (Å²) in [5, 5.41) is 7.70. The molecular formula is C16H24N6. The zero-order valence-electron chi connectivity index (χ0n) is 13.4. The van der Waals surface area contributed by atoms with Crippen LogP contribution in [-0.4, -0.2) is 50.8 Å². The van der Waals surface area contributed by atoms with Gasteiger partial charge in [-0.2, -0.15) is 5.10 Å². The second-order valence-corrected chi connectivity index (χ2v) is 5.90. The number of nitrogens with zero attached hydrogens (tertiary/aromatic N) is 5. The van der Waals surface area contributed by atoms with Crippen LogP contribution in [0.1, 0.15) is 25.0 Å². The van der Waals surface area contributed by atoms with Gasteiger partial charge in [0.25, 0.3) is 0 Å². The van der Waals surface area contributed by atoms with Gasteiger partial charge in [0.05, 0.1) is 11.4 Å². The van der Waals surface area contributed by atoms with Crippen molar-refractivity contribution in [3.63, 3.8) is 0 Å². The molecule has 0 aromatic carbocycles. The molecule has 0 unspecified atom stereocenters. The quantitative estimate of drug-likeness (QED) is 0.828. The number of hydrogen-bond donors (Lipinski definition) is 1. The fraction of sp³-hybridized carbons (Fsp3) is 0.562. The minimum Gasteiger partial charge on any atom is -0.354 e. The van der Waals surface area contributed by atoms with E-state index in [1.807, 2.05) is 30.9 Å². The summed E-state index contributed by atoms with van der Waals surface area (Å²) in [5.74, 6) is 0.696. The summed E-state index contributed by atoms with van der Waals surface area (Å²) in [6.45, 7) is 6.58. The molecule has 3 rings (SSSR count). The highest BCUT2D eigenvalue weighted by Crippen LogP contribution is 2.20. The lowest BCUT2D eigenvalue weighted by Crippen LogP contribution is -2.22. The maximum absolute atomic E-state index is 4.60. The molecule has 2 aromatic heterocycles. The molecule has 6 nitrogen and oxygen atoms in total. The average molecular weight is 300 g/mol. The summed E-state index contributed by atoms with van der Waals surface area (Å²) in [5.41, 5.74) is 2.97. The zero-order chi connectivity index (χ0) is 15.4. The summed E-state index contributed by atoms with van der Waals surface area (Å²) < 4.78 is 1.82. The van der Waals surface area contributed by atoms with E-state index in [2.05, 4.69) is 25.3 Å². The van der Waals surface area contributed by atoms with E-state index < -0.39 is 0 Å². The topological polar surface area (TPSA) is 58.9 Å². The highest BCUT2D eigenvalue weighted by atomic mass is 15.3. The molecule has 0 bridgehead atoms. The molecule has 1 saturated heterocycles. The predicted octanol–water partition coefficient (Wildman–Crippen LogP) is 2.08. The number of hydrogen-bond acceptors (Lipinski definition) is 5. The first-order valence-electron chi connectivity index (χ1n) is 8.02. The SMILES string of the molecule is Cc1nn(C)cc1-c1ccnc(NCCCN2CCCC2)n1. The van der Waals surface area contributed by atoms with E-state index in [1.54, 1.807) is 6.20 Å². The highest BCUT2D eigenvalue weighted by Gasteiger charge is 2.11.